The fraction of sp³-hybridized carbons (Fsp3) is 0. The van der Waals surface area contributed by atoms with Gasteiger partial charge in [-0.05, 0) is 12.1 Å². The summed E-state index contributed by atoms with van der Waals surface area (Å²) in [7, 11) is 0. The quantitative estimate of drug-likeness (QED) is 0.532. The van der Waals surface area contributed by atoms with E-state index in [-0.39, 0.29) is 5.95 Å². The second-order valence-corrected chi connectivity index (χ2v) is 2.49. The minimum absolute atomic E-state index is 0.0608. The average molecular weight is 148 g/mol. The maximum absolute atomic E-state index is 9.18. The van der Waals surface area contributed by atoms with Gasteiger partial charge in [-0.1, -0.05) is 0 Å². The van der Waals surface area contributed by atoms with Crippen LogP contribution in [0.5, 0.6) is 5.95 Å². The first-order chi connectivity index (χ1) is 5.36. The largest absolute Gasteiger partial charge is 0.480 e. The average Bonchev–Trinajstić information content (AvgIpc) is 2.60. The molecule has 0 fully saturated rings. The second-order valence-electron chi connectivity index (χ2n) is 2.49. The summed E-state index contributed by atoms with van der Waals surface area (Å²) in [4.78, 5) is 0. The van der Waals surface area contributed by atoms with E-state index in [1.54, 1.807) is 0 Å². The SMILES string of the molecule is Oc1occ2c3ccc(o3)c12. The molecule has 0 spiro atoms. The van der Waals surface area contributed by atoms with Crippen molar-refractivity contribution < 1.29 is 13.9 Å². The van der Waals surface area contributed by atoms with E-state index in [1.807, 2.05) is 12.1 Å². The molecule has 3 rings (SSSR count). The molecule has 0 aliphatic carbocycles. The number of furan rings is 3. The zero-order valence-electron chi connectivity index (χ0n) is 5.50. The Morgan fingerprint density at radius 2 is 2.00 bits per heavy atom. The first-order valence-electron chi connectivity index (χ1n) is 3.27. The minimum Gasteiger partial charge on any atom is -0.480 e. The van der Waals surface area contributed by atoms with Crippen LogP contribution >= 0.6 is 0 Å². The predicted octanol–water partition coefficient (Wildman–Crippen LogP) is 2.32. The van der Waals surface area contributed by atoms with Gasteiger partial charge in [0.1, 0.15) is 22.8 Å². The normalized spacial score (nSPS) is 12.0. The van der Waals surface area contributed by atoms with Crippen LogP contribution in [0.3, 0.4) is 0 Å². The standard InChI is InChI=1S/C8H4O3/c9-8-7-4(3-10-8)5-1-2-6(7)11-5/h1-3,9H. The summed E-state index contributed by atoms with van der Waals surface area (Å²) in [6.07, 6.45) is 1.50. The van der Waals surface area contributed by atoms with Crippen LogP contribution in [0.25, 0.3) is 21.9 Å². The first kappa shape index (κ1) is 5.07. The van der Waals surface area contributed by atoms with E-state index in [2.05, 4.69) is 0 Å². The van der Waals surface area contributed by atoms with Crippen LogP contribution in [0.1, 0.15) is 0 Å². The van der Waals surface area contributed by atoms with Gasteiger partial charge in [-0.25, -0.2) is 0 Å². The number of rotatable bonds is 0. The van der Waals surface area contributed by atoms with Crippen molar-refractivity contribution in [2.24, 2.45) is 0 Å². The maximum atomic E-state index is 9.18. The Bertz CT molecular complexity index is 503. The van der Waals surface area contributed by atoms with Crippen LogP contribution < -0.4 is 0 Å². The summed E-state index contributed by atoms with van der Waals surface area (Å²) in [6, 6.07) is 3.67. The molecule has 3 aromatic rings. The molecular formula is C8H4O3. The molecule has 0 unspecified atom stereocenters. The molecule has 0 aromatic carbocycles. The lowest BCUT2D eigenvalue weighted by Crippen LogP contribution is -1.57. The van der Waals surface area contributed by atoms with Gasteiger partial charge in [0, 0.05) is 0 Å². The van der Waals surface area contributed by atoms with Crippen molar-refractivity contribution in [2.75, 3.05) is 0 Å². The summed E-state index contributed by atoms with van der Waals surface area (Å²) in [6.45, 7) is 0. The number of aromatic hydroxyl groups is 1. The van der Waals surface area contributed by atoms with Gasteiger partial charge in [0.15, 0.2) is 0 Å². The van der Waals surface area contributed by atoms with Gasteiger partial charge < -0.3 is 13.9 Å². The lowest BCUT2D eigenvalue weighted by molar-refractivity contribution is 0.337. The van der Waals surface area contributed by atoms with E-state index in [9.17, 15) is 5.11 Å². The smallest absolute Gasteiger partial charge is 0.293 e. The maximum Gasteiger partial charge on any atom is 0.293 e. The molecular weight excluding hydrogens is 144 g/mol. The third kappa shape index (κ3) is 0.420. The zero-order valence-corrected chi connectivity index (χ0v) is 5.50. The molecule has 3 heterocycles. The topological polar surface area (TPSA) is 46.5 Å². The number of benzene rings is 1. The molecule has 3 aromatic heterocycles. The highest BCUT2D eigenvalue weighted by atomic mass is 16.5. The lowest BCUT2D eigenvalue weighted by atomic mass is 10.2. The highest BCUT2D eigenvalue weighted by molar-refractivity contribution is 6.09. The van der Waals surface area contributed by atoms with Gasteiger partial charge in [-0.2, -0.15) is 0 Å². The Balaban J connectivity index is 2.79. The third-order valence-corrected chi connectivity index (χ3v) is 1.89. The molecule has 0 saturated carbocycles. The number of hydrogen-bond donors (Lipinski definition) is 1. The Hall–Kier alpha value is -1.64. The highest BCUT2D eigenvalue weighted by Gasteiger charge is 2.15. The molecule has 0 aliphatic heterocycles. The monoisotopic (exact) mass is 148 g/mol. The number of hydrogen-bond acceptors (Lipinski definition) is 3. The molecule has 0 radical (unpaired) electrons. The molecule has 0 atom stereocenters. The molecule has 1 N–H and O–H groups in total. The summed E-state index contributed by atoms with van der Waals surface area (Å²) in [5.74, 6) is -0.0608. The molecule has 0 saturated heterocycles. The van der Waals surface area contributed by atoms with Gasteiger partial charge in [0.2, 0.25) is 0 Å². The fourth-order valence-corrected chi connectivity index (χ4v) is 1.38. The van der Waals surface area contributed by atoms with Crippen LogP contribution in [0.15, 0.2) is 27.2 Å². The summed E-state index contributed by atoms with van der Waals surface area (Å²) < 4.78 is 10.1. The van der Waals surface area contributed by atoms with Gasteiger partial charge >= 0.3 is 0 Å². The van der Waals surface area contributed by atoms with Crippen LogP contribution in [-0.2, 0) is 0 Å². The predicted molar refractivity (Wildman–Crippen MR) is 38.8 cm³/mol. The fourth-order valence-electron chi connectivity index (χ4n) is 1.38. The van der Waals surface area contributed by atoms with Crippen molar-refractivity contribution >= 4 is 21.9 Å². The lowest BCUT2D eigenvalue weighted by Gasteiger charge is -1.79. The summed E-state index contributed by atoms with van der Waals surface area (Å²) in [5, 5.41) is 10.7. The van der Waals surface area contributed by atoms with Crippen LogP contribution in [0.4, 0.5) is 0 Å². The van der Waals surface area contributed by atoms with Gasteiger partial charge in [-0.15, -0.1) is 0 Å². The molecule has 54 valence electrons. The van der Waals surface area contributed by atoms with Crippen LogP contribution in [-0.4, -0.2) is 5.11 Å². The zero-order chi connectivity index (χ0) is 7.42. The minimum atomic E-state index is -0.0608. The van der Waals surface area contributed by atoms with Crippen LogP contribution in [0.2, 0.25) is 0 Å². The van der Waals surface area contributed by atoms with Crippen molar-refractivity contribution in [1.29, 1.82) is 0 Å². The van der Waals surface area contributed by atoms with E-state index in [4.69, 9.17) is 8.83 Å². The Labute approximate surface area is 61.2 Å². The van der Waals surface area contributed by atoms with Crippen LogP contribution in [0, 0.1) is 0 Å². The molecule has 0 aliphatic rings. The molecule has 3 nitrogen and oxygen atoms in total. The Morgan fingerprint density at radius 1 is 1.18 bits per heavy atom. The van der Waals surface area contributed by atoms with Crippen molar-refractivity contribution in [1.82, 2.24) is 0 Å². The molecule has 2 bridgehead atoms. The highest BCUT2D eigenvalue weighted by Crippen LogP contribution is 2.38. The van der Waals surface area contributed by atoms with E-state index in [0.29, 0.717) is 11.0 Å². The second kappa shape index (κ2) is 1.34. The third-order valence-electron chi connectivity index (χ3n) is 1.89. The summed E-state index contributed by atoms with van der Waals surface area (Å²) in [5.41, 5.74) is 1.44. The number of fused-ring (bicyclic) bond motifs is 5. The van der Waals surface area contributed by atoms with Crippen molar-refractivity contribution in [3.05, 3.63) is 18.4 Å². The Morgan fingerprint density at radius 3 is 2.82 bits per heavy atom. The van der Waals surface area contributed by atoms with Crippen molar-refractivity contribution in [3.63, 3.8) is 0 Å². The summed E-state index contributed by atoms with van der Waals surface area (Å²) >= 11 is 0. The van der Waals surface area contributed by atoms with E-state index >= 15 is 0 Å². The van der Waals surface area contributed by atoms with E-state index < -0.39 is 0 Å². The first-order valence-corrected chi connectivity index (χ1v) is 3.27. The molecule has 0 amide bonds. The Kier molecular flexibility index (Phi) is 0.619. The van der Waals surface area contributed by atoms with Gasteiger partial charge in [-0.3, -0.25) is 0 Å². The van der Waals surface area contributed by atoms with E-state index in [0.717, 1.165) is 11.0 Å². The van der Waals surface area contributed by atoms with Gasteiger partial charge in [0.25, 0.3) is 5.95 Å². The van der Waals surface area contributed by atoms with E-state index in [1.165, 1.54) is 6.26 Å². The van der Waals surface area contributed by atoms with Crippen molar-refractivity contribution in [3.8, 4) is 5.95 Å². The van der Waals surface area contributed by atoms with Crippen molar-refractivity contribution in [2.45, 2.75) is 0 Å². The molecule has 3 heteroatoms. The van der Waals surface area contributed by atoms with Gasteiger partial charge in [0.05, 0.1) is 5.39 Å². The molecule has 11 heavy (non-hydrogen) atoms.